The van der Waals surface area contributed by atoms with Crippen molar-refractivity contribution < 1.29 is 18.9 Å². The summed E-state index contributed by atoms with van der Waals surface area (Å²) in [5.41, 5.74) is 10.4. The molecule has 5 rings (SSSR count). The monoisotopic (exact) mass is 490 g/mol. The van der Waals surface area contributed by atoms with Crippen molar-refractivity contribution in [3.8, 4) is 29.1 Å². The predicted octanol–water partition coefficient (Wildman–Crippen LogP) is 5.28. The Balaban J connectivity index is 1.48. The van der Waals surface area contributed by atoms with Crippen LogP contribution < -0.4 is 24.7 Å². The molecule has 0 aromatic heterocycles. The quantitative estimate of drug-likeness (QED) is 0.534. The minimum absolute atomic E-state index is 0.0830. The molecule has 2 N–H and O–H groups in total. The van der Waals surface area contributed by atoms with Crippen LogP contribution in [-0.4, -0.2) is 6.79 Å². The van der Waals surface area contributed by atoms with Crippen LogP contribution in [0.3, 0.4) is 0 Å². The molecule has 0 saturated heterocycles. The molecular formula is C25H19BrN2O4. The lowest BCUT2D eigenvalue weighted by molar-refractivity contribution is 0.174. The van der Waals surface area contributed by atoms with Crippen LogP contribution in [0.15, 0.2) is 70.5 Å². The first-order valence-electron chi connectivity index (χ1n) is 10.0. The molecule has 2 heterocycles. The fourth-order valence-electron chi connectivity index (χ4n) is 3.85. The summed E-state index contributed by atoms with van der Waals surface area (Å²) in [4.78, 5) is 0. The van der Waals surface area contributed by atoms with Gasteiger partial charge in [0.25, 0.3) is 0 Å². The Kier molecular flexibility index (Phi) is 5.16. The summed E-state index contributed by atoms with van der Waals surface area (Å²) in [5, 5.41) is 9.81. The molecule has 0 radical (unpaired) electrons. The van der Waals surface area contributed by atoms with Crippen molar-refractivity contribution in [3.05, 3.63) is 92.8 Å². The predicted molar refractivity (Wildman–Crippen MR) is 122 cm³/mol. The minimum Gasteiger partial charge on any atom is -0.488 e. The Bertz CT molecular complexity index is 1280. The van der Waals surface area contributed by atoms with E-state index in [0.717, 1.165) is 21.2 Å². The number of aryl methyl sites for hydroxylation is 1. The number of allylic oxidation sites excluding steroid dienone is 1. The maximum absolute atomic E-state index is 9.81. The smallest absolute Gasteiger partial charge is 0.231 e. The molecule has 2 aliphatic heterocycles. The molecule has 3 aromatic carbocycles. The zero-order valence-corrected chi connectivity index (χ0v) is 18.8. The van der Waals surface area contributed by atoms with Gasteiger partial charge in [0, 0.05) is 11.6 Å². The van der Waals surface area contributed by atoms with E-state index >= 15 is 0 Å². The molecule has 0 aliphatic carbocycles. The molecule has 0 saturated carbocycles. The van der Waals surface area contributed by atoms with Crippen LogP contribution in [0.1, 0.15) is 28.2 Å². The third-order valence-corrected chi connectivity index (χ3v) is 6.13. The van der Waals surface area contributed by atoms with Gasteiger partial charge in [-0.1, -0.05) is 35.9 Å². The van der Waals surface area contributed by atoms with Crippen LogP contribution in [0.4, 0.5) is 0 Å². The number of nitriles is 1. The van der Waals surface area contributed by atoms with Crippen molar-refractivity contribution in [1.82, 2.24) is 0 Å². The average molecular weight is 491 g/mol. The lowest BCUT2D eigenvalue weighted by Crippen LogP contribution is -2.21. The third-order valence-electron chi connectivity index (χ3n) is 5.51. The molecule has 3 aromatic rings. The Labute approximate surface area is 193 Å². The topological polar surface area (TPSA) is 86.7 Å². The van der Waals surface area contributed by atoms with Crippen LogP contribution in [0, 0.1) is 18.3 Å². The van der Waals surface area contributed by atoms with E-state index in [2.05, 4.69) is 41.1 Å². The standard InChI is InChI=1S/C25H19BrN2O4/c1-14-2-4-15(5-3-14)12-29-20-7-6-16(8-19(20)26)24-17-9-22-23(31-13-30-22)10-21(17)32-25(28)18(24)11-27/h2-10,24H,12-13,28H2,1H3/t24-/m0/s1. The largest absolute Gasteiger partial charge is 0.488 e. The van der Waals surface area contributed by atoms with Gasteiger partial charge in [-0.15, -0.1) is 0 Å². The van der Waals surface area contributed by atoms with Gasteiger partial charge in [0.1, 0.15) is 29.7 Å². The highest BCUT2D eigenvalue weighted by molar-refractivity contribution is 9.10. The molecule has 0 unspecified atom stereocenters. The highest BCUT2D eigenvalue weighted by Gasteiger charge is 2.33. The lowest BCUT2D eigenvalue weighted by atomic mass is 9.83. The van der Waals surface area contributed by atoms with E-state index < -0.39 is 5.92 Å². The third kappa shape index (κ3) is 3.63. The molecule has 32 heavy (non-hydrogen) atoms. The number of hydrogen-bond acceptors (Lipinski definition) is 6. The fourth-order valence-corrected chi connectivity index (χ4v) is 4.36. The highest BCUT2D eigenvalue weighted by atomic mass is 79.9. The van der Waals surface area contributed by atoms with Crippen LogP contribution in [0.5, 0.6) is 23.0 Å². The fraction of sp³-hybridized carbons (Fsp3) is 0.160. The second-order valence-electron chi connectivity index (χ2n) is 7.63. The van der Waals surface area contributed by atoms with Gasteiger partial charge in [0.05, 0.1) is 10.4 Å². The van der Waals surface area contributed by atoms with Crippen molar-refractivity contribution in [2.75, 3.05) is 6.79 Å². The van der Waals surface area contributed by atoms with Crippen molar-refractivity contribution in [3.63, 3.8) is 0 Å². The first kappa shape index (κ1) is 20.3. The number of nitrogens with two attached hydrogens (primary N) is 1. The molecule has 0 bridgehead atoms. The van der Waals surface area contributed by atoms with Gasteiger partial charge in [-0.05, 0) is 52.2 Å². The summed E-state index contributed by atoms with van der Waals surface area (Å²) in [6, 6.07) is 19.8. The second-order valence-corrected chi connectivity index (χ2v) is 8.49. The molecule has 7 heteroatoms. The average Bonchev–Trinajstić information content (AvgIpc) is 3.24. The van der Waals surface area contributed by atoms with Crippen molar-refractivity contribution in [2.24, 2.45) is 5.73 Å². The van der Waals surface area contributed by atoms with E-state index in [1.807, 2.05) is 36.4 Å². The van der Waals surface area contributed by atoms with Crippen molar-refractivity contribution in [2.45, 2.75) is 19.4 Å². The number of nitrogens with zero attached hydrogens (tertiary/aromatic N) is 1. The zero-order valence-electron chi connectivity index (χ0n) is 17.2. The molecule has 0 spiro atoms. The Hall–Kier alpha value is -3.63. The van der Waals surface area contributed by atoms with Crippen LogP contribution >= 0.6 is 15.9 Å². The number of ether oxygens (including phenoxy) is 4. The Morgan fingerprint density at radius 2 is 1.81 bits per heavy atom. The van der Waals surface area contributed by atoms with E-state index in [4.69, 9.17) is 24.7 Å². The number of rotatable bonds is 4. The van der Waals surface area contributed by atoms with Gasteiger partial charge in [-0.3, -0.25) is 0 Å². The van der Waals surface area contributed by atoms with Crippen molar-refractivity contribution >= 4 is 15.9 Å². The first-order chi connectivity index (χ1) is 15.5. The lowest BCUT2D eigenvalue weighted by Gasteiger charge is -2.27. The maximum Gasteiger partial charge on any atom is 0.231 e. The van der Waals surface area contributed by atoms with E-state index in [1.54, 1.807) is 6.07 Å². The molecular weight excluding hydrogens is 472 g/mol. The number of halogens is 1. The van der Waals surface area contributed by atoms with E-state index in [9.17, 15) is 5.26 Å². The van der Waals surface area contributed by atoms with Crippen LogP contribution in [-0.2, 0) is 6.61 Å². The Morgan fingerprint density at radius 3 is 2.53 bits per heavy atom. The van der Waals surface area contributed by atoms with Gasteiger partial charge >= 0.3 is 0 Å². The highest BCUT2D eigenvalue weighted by Crippen LogP contribution is 2.48. The number of hydrogen-bond donors (Lipinski definition) is 1. The van der Waals surface area contributed by atoms with Crippen LogP contribution in [0.2, 0.25) is 0 Å². The van der Waals surface area contributed by atoms with Gasteiger partial charge in [0.2, 0.25) is 12.7 Å². The summed E-state index contributed by atoms with van der Waals surface area (Å²) < 4.78 is 23.5. The molecule has 160 valence electrons. The Morgan fingerprint density at radius 1 is 1.06 bits per heavy atom. The summed E-state index contributed by atoms with van der Waals surface area (Å²) in [6.07, 6.45) is 0. The van der Waals surface area contributed by atoms with E-state index in [-0.39, 0.29) is 12.7 Å². The van der Waals surface area contributed by atoms with Crippen molar-refractivity contribution in [1.29, 1.82) is 5.26 Å². The second kappa shape index (κ2) is 8.13. The summed E-state index contributed by atoms with van der Waals surface area (Å²) in [6.45, 7) is 2.66. The molecule has 6 nitrogen and oxygen atoms in total. The summed E-state index contributed by atoms with van der Waals surface area (Å²) >= 11 is 3.61. The zero-order chi connectivity index (χ0) is 22.2. The van der Waals surface area contributed by atoms with E-state index in [1.165, 1.54) is 5.56 Å². The molecule has 1 atom stereocenters. The van der Waals surface area contributed by atoms with Crippen LogP contribution in [0.25, 0.3) is 0 Å². The maximum atomic E-state index is 9.81. The van der Waals surface area contributed by atoms with E-state index in [0.29, 0.717) is 35.2 Å². The normalized spacial score (nSPS) is 16.2. The van der Waals surface area contributed by atoms with Gasteiger partial charge in [-0.25, -0.2) is 0 Å². The number of fused-ring (bicyclic) bond motifs is 2. The number of benzene rings is 3. The van der Waals surface area contributed by atoms with Gasteiger partial charge < -0.3 is 24.7 Å². The molecule has 2 aliphatic rings. The SMILES string of the molecule is Cc1ccc(COc2ccc([C@@H]3C(C#N)=C(N)Oc4cc5c(cc43)OCO5)cc2Br)cc1. The molecule has 0 fully saturated rings. The van der Waals surface area contributed by atoms with Gasteiger partial charge in [0.15, 0.2) is 11.5 Å². The summed E-state index contributed by atoms with van der Waals surface area (Å²) in [7, 11) is 0. The molecule has 0 amide bonds. The minimum atomic E-state index is -0.402. The van der Waals surface area contributed by atoms with Gasteiger partial charge in [-0.2, -0.15) is 5.26 Å². The first-order valence-corrected chi connectivity index (χ1v) is 10.8. The summed E-state index contributed by atoms with van der Waals surface area (Å²) in [5.74, 6) is 2.15.